The molecule has 3 aliphatic rings. The number of nitrogens with zero attached hydrogens (tertiary/aromatic N) is 5. The second-order valence-electron chi connectivity index (χ2n) is 9.62. The minimum absolute atomic E-state index is 0.0907. The first kappa shape index (κ1) is 22.0. The molecule has 4 heterocycles. The van der Waals surface area contributed by atoms with E-state index in [1.165, 1.54) is 17.5 Å². The number of nitriles is 1. The standard InChI is InChI=1S/C22H24FN7O2S2/c23-12-22(5-6-22)29-34(31,32)15-9-16(14-1-7-25-8-2-14)18-26-10-17(30(18)11-15)19-27-28-20(33-19)21(13-24)3-4-21/h9-11,14,25,29H,1-8,12H2. The van der Waals surface area contributed by atoms with E-state index in [0.29, 0.717) is 34.2 Å². The summed E-state index contributed by atoms with van der Waals surface area (Å²) in [6.45, 7) is 0.974. The predicted octanol–water partition coefficient (Wildman–Crippen LogP) is 2.66. The molecule has 0 amide bonds. The lowest BCUT2D eigenvalue weighted by Crippen LogP contribution is -2.38. The van der Waals surface area contributed by atoms with E-state index in [9.17, 15) is 18.1 Å². The van der Waals surface area contributed by atoms with Gasteiger partial charge in [-0.05, 0) is 69.2 Å². The summed E-state index contributed by atoms with van der Waals surface area (Å²) in [4.78, 5) is 4.74. The van der Waals surface area contributed by atoms with Crippen LogP contribution in [0.3, 0.4) is 0 Å². The Morgan fingerprint density at radius 3 is 2.68 bits per heavy atom. The molecule has 12 heteroatoms. The number of nitrogens with one attached hydrogen (secondary N) is 2. The summed E-state index contributed by atoms with van der Waals surface area (Å²) in [5.41, 5.74) is 0.656. The number of aromatic nitrogens is 4. The van der Waals surface area contributed by atoms with Crippen molar-refractivity contribution in [3.05, 3.63) is 29.0 Å². The Morgan fingerprint density at radius 2 is 2.03 bits per heavy atom. The van der Waals surface area contributed by atoms with Crippen LogP contribution < -0.4 is 10.0 Å². The molecular formula is C22H24FN7O2S2. The minimum Gasteiger partial charge on any atom is -0.317 e. The summed E-state index contributed by atoms with van der Waals surface area (Å²) in [5.74, 6) is 0.156. The normalized spacial score (nSPS) is 21.4. The maximum Gasteiger partial charge on any atom is 0.242 e. The van der Waals surface area contributed by atoms with Crippen molar-refractivity contribution in [3.63, 3.8) is 0 Å². The maximum atomic E-state index is 13.5. The van der Waals surface area contributed by atoms with Gasteiger partial charge in [-0.15, -0.1) is 10.2 Å². The lowest BCUT2D eigenvalue weighted by atomic mass is 9.91. The first-order valence-electron chi connectivity index (χ1n) is 11.5. The summed E-state index contributed by atoms with van der Waals surface area (Å²) in [5, 5.41) is 22.7. The molecule has 2 saturated carbocycles. The highest BCUT2D eigenvalue weighted by Crippen LogP contribution is 2.49. The zero-order valence-corrected chi connectivity index (χ0v) is 20.1. The van der Waals surface area contributed by atoms with Crippen LogP contribution in [0.1, 0.15) is 55.0 Å². The van der Waals surface area contributed by atoms with Crippen LogP contribution >= 0.6 is 11.3 Å². The van der Waals surface area contributed by atoms with Gasteiger partial charge in [0, 0.05) is 6.20 Å². The van der Waals surface area contributed by atoms with Crippen molar-refractivity contribution in [2.45, 2.75) is 60.3 Å². The second kappa shape index (κ2) is 7.78. The molecule has 6 rings (SSSR count). The van der Waals surface area contributed by atoms with Crippen LogP contribution in [0.25, 0.3) is 16.3 Å². The Balaban J connectivity index is 1.48. The predicted molar refractivity (Wildman–Crippen MR) is 124 cm³/mol. The van der Waals surface area contributed by atoms with Gasteiger partial charge in [-0.25, -0.2) is 22.5 Å². The molecule has 2 aliphatic carbocycles. The molecule has 9 nitrogen and oxygen atoms in total. The molecule has 0 radical (unpaired) electrons. The monoisotopic (exact) mass is 501 g/mol. The molecule has 3 fully saturated rings. The molecule has 34 heavy (non-hydrogen) atoms. The molecule has 0 aromatic carbocycles. The summed E-state index contributed by atoms with van der Waals surface area (Å²) in [7, 11) is -3.94. The number of pyridine rings is 1. The molecule has 0 unspecified atom stereocenters. The maximum absolute atomic E-state index is 13.5. The van der Waals surface area contributed by atoms with Crippen molar-refractivity contribution in [1.29, 1.82) is 5.26 Å². The number of fused-ring (bicyclic) bond motifs is 1. The molecule has 0 spiro atoms. The molecule has 0 bridgehead atoms. The topological polar surface area (TPSA) is 125 Å². The van der Waals surface area contributed by atoms with Gasteiger partial charge in [-0.3, -0.25) is 4.40 Å². The first-order chi connectivity index (χ1) is 16.4. The minimum atomic E-state index is -3.94. The molecule has 2 N–H and O–H groups in total. The molecule has 3 aromatic heterocycles. The van der Waals surface area contributed by atoms with Crippen molar-refractivity contribution < 1.29 is 12.8 Å². The lowest BCUT2D eigenvalue weighted by molar-refractivity contribution is 0.393. The van der Waals surface area contributed by atoms with E-state index < -0.39 is 27.7 Å². The van der Waals surface area contributed by atoms with Crippen LogP contribution in [0.2, 0.25) is 0 Å². The SMILES string of the molecule is N#CC1(c2nnc(-c3cnc4c(C5CCNCC5)cc(S(=O)(=O)NC5(CF)CC5)cn34)s2)CC1. The fourth-order valence-electron chi connectivity index (χ4n) is 4.60. The molecule has 3 aromatic rings. The summed E-state index contributed by atoms with van der Waals surface area (Å²) in [6, 6.07) is 4.03. The van der Waals surface area contributed by atoms with Gasteiger partial charge in [0.05, 0.1) is 22.7 Å². The van der Waals surface area contributed by atoms with Crippen molar-refractivity contribution in [2.75, 3.05) is 19.8 Å². The van der Waals surface area contributed by atoms with Crippen LogP contribution in [-0.2, 0) is 15.4 Å². The van der Waals surface area contributed by atoms with Gasteiger partial charge in [0.2, 0.25) is 10.0 Å². The number of rotatable bonds is 7. The van der Waals surface area contributed by atoms with Gasteiger partial charge in [0.25, 0.3) is 0 Å². The van der Waals surface area contributed by atoms with E-state index in [0.717, 1.165) is 44.3 Å². The Bertz CT molecular complexity index is 1410. The summed E-state index contributed by atoms with van der Waals surface area (Å²) in [6.07, 6.45) is 7.51. The largest absolute Gasteiger partial charge is 0.317 e. The third kappa shape index (κ3) is 3.62. The van der Waals surface area contributed by atoms with Gasteiger partial charge in [0.1, 0.15) is 28.4 Å². The lowest BCUT2D eigenvalue weighted by Gasteiger charge is -2.24. The molecule has 1 aliphatic heterocycles. The highest BCUT2D eigenvalue weighted by atomic mass is 32.2. The fraction of sp³-hybridized carbons (Fsp3) is 0.545. The van der Waals surface area contributed by atoms with Crippen LogP contribution in [0.5, 0.6) is 0 Å². The highest BCUT2D eigenvalue weighted by molar-refractivity contribution is 7.89. The molecule has 0 atom stereocenters. The summed E-state index contributed by atoms with van der Waals surface area (Å²) >= 11 is 1.35. The number of imidazole rings is 1. The van der Waals surface area contributed by atoms with Crippen LogP contribution in [0.4, 0.5) is 4.39 Å². The van der Waals surface area contributed by atoms with E-state index in [1.807, 2.05) is 0 Å². The Hall–Kier alpha value is -2.46. The van der Waals surface area contributed by atoms with E-state index in [2.05, 4.69) is 31.3 Å². The van der Waals surface area contributed by atoms with Gasteiger partial charge in [-0.1, -0.05) is 11.3 Å². The zero-order chi connectivity index (χ0) is 23.6. The number of sulfonamides is 1. The van der Waals surface area contributed by atoms with Crippen LogP contribution in [0, 0.1) is 11.3 Å². The van der Waals surface area contributed by atoms with Crippen LogP contribution in [-0.4, -0.2) is 53.3 Å². The Morgan fingerprint density at radius 1 is 1.26 bits per heavy atom. The zero-order valence-electron chi connectivity index (χ0n) is 18.4. The number of hydrogen-bond acceptors (Lipinski definition) is 8. The summed E-state index contributed by atoms with van der Waals surface area (Å²) < 4.78 is 44.4. The average molecular weight is 502 g/mol. The van der Waals surface area contributed by atoms with E-state index in [1.54, 1.807) is 16.7 Å². The third-order valence-electron chi connectivity index (χ3n) is 7.18. The van der Waals surface area contributed by atoms with Gasteiger partial charge >= 0.3 is 0 Å². The molecule has 178 valence electrons. The molecular weight excluding hydrogens is 477 g/mol. The van der Waals surface area contributed by atoms with E-state index in [4.69, 9.17) is 0 Å². The van der Waals surface area contributed by atoms with Crippen LogP contribution in [0.15, 0.2) is 23.4 Å². The quantitative estimate of drug-likeness (QED) is 0.510. The second-order valence-corrected chi connectivity index (χ2v) is 12.3. The number of alkyl halides is 1. The highest BCUT2D eigenvalue weighted by Gasteiger charge is 2.48. The van der Waals surface area contributed by atoms with Gasteiger partial charge in [0.15, 0.2) is 5.01 Å². The Labute approximate surface area is 200 Å². The number of hydrogen-bond donors (Lipinski definition) is 2. The average Bonchev–Trinajstić information content (AvgIpc) is 3.71. The first-order valence-corrected chi connectivity index (χ1v) is 13.8. The smallest absolute Gasteiger partial charge is 0.242 e. The fourth-order valence-corrected chi connectivity index (χ4v) is 7.12. The van der Waals surface area contributed by atoms with E-state index in [-0.39, 0.29) is 10.8 Å². The number of piperidine rings is 1. The molecule has 1 saturated heterocycles. The van der Waals surface area contributed by atoms with Gasteiger partial charge < -0.3 is 5.32 Å². The van der Waals surface area contributed by atoms with Crippen molar-refractivity contribution in [1.82, 2.24) is 29.6 Å². The van der Waals surface area contributed by atoms with E-state index >= 15 is 0 Å². The van der Waals surface area contributed by atoms with Crippen molar-refractivity contribution in [3.8, 4) is 16.8 Å². The van der Waals surface area contributed by atoms with Crippen molar-refractivity contribution in [2.24, 2.45) is 0 Å². The third-order valence-corrected chi connectivity index (χ3v) is 9.87. The van der Waals surface area contributed by atoms with Crippen molar-refractivity contribution >= 4 is 27.0 Å². The number of halogens is 1. The van der Waals surface area contributed by atoms with Gasteiger partial charge in [-0.2, -0.15) is 5.26 Å². The Kier molecular flexibility index (Phi) is 5.04.